The van der Waals surface area contributed by atoms with Gasteiger partial charge >= 0.3 is 0 Å². The lowest BCUT2D eigenvalue weighted by Gasteiger charge is -2.03. The Morgan fingerprint density at radius 3 is 1.30 bits per heavy atom. The highest BCUT2D eigenvalue weighted by Gasteiger charge is 2.01. The van der Waals surface area contributed by atoms with Crippen LogP contribution in [0.4, 0.5) is 0 Å². The number of H-pyrrole nitrogens is 1. The third-order valence-electron chi connectivity index (χ3n) is 6.50. The fourth-order valence-corrected chi connectivity index (χ4v) is 4.42. The second-order valence-corrected chi connectivity index (χ2v) is 9.57. The van der Waals surface area contributed by atoms with Crippen LogP contribution in [0.25, 0.3) is 0 Å². The Bertz CT molecular complexity index is 451. The van der Waals surface area contributed by atoms with E-state index in [-0.39, 0.29) is 0 Å². The summed E-state index contributed by atoms with van der Waals surface area (Å²) in [7, 11) is 0. The number of aryl methyl sites for hydroxylation is 2. The maximum atomic E-state index is 4.60. The van der Waals surface area contributed by atoms with Crippen molar-refractivity contribution in [2.24, 2.45) is 0 Å². The molecule has 0 atom stereocenters. The summed E-state index contributed by atoms with van der Waals surface area (Å²) in [5.74, 6) is 1.21. The maximum absolute atomic E-state index is 4.60. The van der Waals surface area contributed by atoms with E-state index < -0.39 is 0 Å². The molecule has 30 heavy (non-hydrogen) atoms. The van der Waals surface area contributed by atoms with Crippen molar-refractivity contribution in [2.45, 2.75) is 162 Å². The van der Waals surface area contributed by atoms with Crippen LogP contribution < -0.4 is 0 Å². The SMILES string of the molecule is CCCCCCCCCCCCCCCCc1ncc(CCCCCCCCC)[nH]1. The van der Waals surface area contributed by atoms with E-state index >= 15 is 0 Å². The van der Waals surface area contributed by atoms with E-state index in [0.29, 0.717) is 0 Å². The fraction of sp³-hybridized carbons (Fsp3) is 0.893. The molecular formula is C28H54N2. The van der Waals surface area contributed by atoms with Crippen LogP contribution in [0.1, 0.15) is 160 Å². The first-order valence-corrected chi connectivity index (χ1v) is 13.9. The van der Waals surface area contributed by atoms with Gasteiger partial charge in [-0.05, 0) is 19.3 Å². The quantitative estimate of drug-likeness (QED) is 0.176. The van der Waals surface area contributed by atoms with Crippen molar-refractivity contribution in [3.05, 3.63) is 17.7 Å². The van der Waals surface area contributed by atoms with Gasteiger partial charge in [0.1, 0.15) is 5.82 Å². The summed E-state index contributed by atoms with van der Waals surface area (Å²) in [4.78, 5) is 8.16. The monoisotopic (exact) mass is 418 g/mol. The molecule has 0 aliphatic heterocycles. The average molecular weight is 419 g/mol. The number of rotatable bonds is 23. The number of nitrogens with one attached hydrogen (secondary N) is 1. The van der Waals surface area contributed by atoms with E-state index in [9.17, 15) is 0 Å². The van der Waals surface area contributed by atoms with Gasteiger partial charge < -0.3 is 4.98 Å². The van der Waals surface area contributed by atoms with Gasteiger partial charge in [-0.25, -0.2) is 4.98 Å². The van der Waals surface area contributed by atoms with Crippen molar-refractivity contribution in [3.8, 4) is 0 Å². The Kier molecular flexibility index (Phi) is 19.5. The van der Waals surface area contributed by atoms with Crippen LogP contribution in [0.5, 0.6) is 0 Å². The summed E-state index contributed by atoms with van der Waals surface area (Å²) >= 11 is 0. The maximum Gasteiger partial charge on any atom is 0.106 e. The van der Waals surface area contributed by atoms with Crippen LogP contribution in [0.15, 0.2) is 6.20 Å². The Labute approximate surface area is 189 Å². The number of aromatic amines is 1. The number of hydrogen-bond acceptors (Lipinski definition) is 1. The van der Waals surface area contributed by atoms with Crippen LogP contribution in [-0.2, 0) is 12.8 Å². The van der Waals surface area contributed by atoms with Crippen molar-refractivity contribution in [3.63, 3.8) is 0 Å². The van der Waals surface area contributed by atoms with Crippen molar-refractivity contribution in [2.75, 3.05) is 0 Å². The number of aromatic nitrogens is 2. The topological polar surface area (TPSA) is 28.7 Å². The van der Waals surface area contributed by atoms with Gasteiger partial charge in [-0.15, -0.1) is 0 Å². The van der Waals surface area contributed by atoms with Gasteiger partial charge in [0.2, 0.25) is 0 Å². The molecule has 2 heteroatoms. The van der Waals surface area contributed by atoms with Gasteiger partial charge in [0.25, 0.3) is 0 Å². The molecule has 0 aliphatic rings. The van der Waals surface area contributed by atoms with Gasteiger partial charge in [-0.1, -0.05) is 136 Å². The molecule has 176 valence electrons. The predicted molar refractivity (Wildman–Crippen MR) is 134 cm³/mol. The molecule has 0 unspecified atom stereocenters. The Morgan fingerprint density at radius 2 is 0.867 bits per heavy atom. The minimum absolute atomic E-state index is 1.13. The highest BCUT2D eigenvalue weighted by molar-refractivity contribution is 5.01. The zero-order chi connectivity index (χ0) is 21.5. The molecule has 2 nitrogen and oxygen atoms in total. The number of hydrogen-bond donors (Lipinski definition) is 1. The van der Waals surface area contributed by atoms with Crippen molar-refractivity contribution < 1.29 is 0 Å². The lowest BCUT2D eigenvalue weighted by Crippen LogP contribution is -1.91. The van der Waals surface area contributed by atoms with E-state index in [1.165, 1.54) is 153 Å². The molecule has 1 rings (SSSR count). The molecule has 0 saturated carbocycles. The molecule has 0 saturated heterocycles. The first-order chi connectivity index (χ1) is 14.9. The van der Waals surface area contributed by atoms with Crippen molar-refractivity contribution >= 4 is 0 Å². The molecule has 1 N–H and O–H groups in total. The average Bonchev–Trinajstić information content (AvgIpc) is 3.21. The predicted octanol–water partition coefficient (Wildman–Crippen LogP) is 9.73. The van der Waals surface area contributed by atoms with Crippen LogP contribution >= 0.6 is 0 Å². The van der Waals surface area contributed by atoms with Gasteiger partial charge in [0.05, 0.1) is 0 Å². The summed E-state index contributed by atoms with van der Waals surface area (Å²) in [5, 5.41) is 0. The van der Waals surface area contributed by atoms with E-state index in [0.717, 1.165) is 6.42 Å². The van der Waals surface area contributed by atoms with Crippen molar-refractivity contribution in [1.29, 1.82) is 0 Å². The largest absolute Gasteiger partial charge is 0.346 e. The third kappa shape index (κ3) is 16.9. The second-order valence-electron chi connectivity index (χ2n) is 9.57. The molecule has 0 aliphatic carbocycles. The Balaban J connectivity index is 1.84. The van der Waals surface area contributed by atoms with Gasteiger partial charge in [-0.2, -0.15) is 0 Å². The molecule has 1 aromatic heterocycles. The van der Waals surface area contributed by atoms with Crippen LogP contribution in [0.2, 0.25) is 0 Å². The molecule has 1 aromatic rings. The molecule has 0 fully saturated rings. The van der Waals surface area contributed by atoms with E-state index in [4.69, 9.17) is 0 Å². The van der Waals surface area contributed by atoms with Crippen LogP contribution in [0.3, 0.4) is 0 Å². The first-order valence-electron chi connectivity index (χ1n) is 13.9. The van der Waals surface area contributed by atoms with Gasteiger partial charge in [0, 0.05) is 18.3 Å². The highest BCUT2D eigenvalue weighted by Crippen LogP contribution is 2.14. The summed E-state index contributed by atoms with van der Waals surface area (Å²) in [5.41, 5.74) is 1.35. The van der Waals surface area contributed by atoms with Gasteiger partial charge in [-0.3, -0.25) is 0 Å². The van der Waals surface area contributed by atoms with E-state index in [2.05, 4.69) is 30.0 Å². The number of nitrogens with zero attached hydrogens (tertiary/aromatic N) is 1. The summed E-state index contributed by atoms with van der Waals surface area (Å²) in [6.07, 6.45) is 34.0. The number of unbranched alkanes of at least 4 members (excludes halogenated alkanes) is 19. The first kappa shape index (κ1) is 27.2. The minimum atomic E-state index is 1.13. The molecule has 0 amide bonds. The van der Waals surface area contributed by atoms with E-state index in [1.807, 2.05) is 0 Å². The molecule has 1 heterocycles. The number of imidazole rings is 1. The van der Waals surface area contributed by atoms with Gasteiger partial charge in [0.15, 0.2) is 0 Å². The molecular weight excluding hydrogens is 364 g/mol. The summed E-state index contributed by atoms with van der Waals surface area (Å²) < 4.78 is 0. The lowest BCUT2D eigenvalue weighted by atomic mass is 10.0. The summed E-state index contributed by atoms with van der Waals surface area (Å²) in [6, 6.07) is 0. The molecule has 0 bridgehead atoms. The second kappa shape index (κ2) is 21.4. The van der Waals surface area contributed by atoms with Crippen LogP contribution in [-0.4, -0.2) is 9.97 Å². The zero-order valence-corrected chi connectivity index (χ0v) is 20.8. The van der Waals surface area contributed by atoms with E-state index in [1.54, 1.807) is 0 Å². The lowest BCUT2D eigenvalue weighted by molar-refractivity contribution is 0.534. The molecule has 0 spiro atoms. The standard InChI is InChI=1S/C28H54N2/c1-3-5-7-9-11-12-13-14-15-16-17-19-21-23-25-28-29-26-27(30-28)24-22-20-18-10-8-6-4-2/h26H,3-25H2,1-2H3,(H,29,30). The Morgan fingerprint density at radius 1 is 0.500 bits per heavy atom. The fourth-order valence-electron chi connectivity index (χ4n) is 4.42. The van der Waals surface area contributed by atoms with Crippen molar-refractivity contribution in [1.82, 2.24) is 9.97 Å². The third-order valence-corrected chi connectivity index (χ3v) is 6.50. The van der Waals surface area contributed by atoms with Crippen LogP contribution in [0, 0.1) is 0 Å². The molecule has 0 aromatic carbocycles. The smallest absolute Gasteiger partial charge is 0.106 e. The highest BCUT2D eigenvalue weighted by atomic mass is 14.9. The zero-order valence-electron chi connectivity index (χ0n) is 20.8. The summed E-state index contributed by atoms with van der Waals surface area (Å²) in [6.45, 7) is 4.58. The molecule has 0 radical (unpaired) electrons. The Hall–Kier alpha value is -0.790. The minimum Gasteiger partial charge on any atom is -0.346 e. The normalized spacial score (nSPS) is 11.4.